The number of halogens is 1. The minimum absolute atomic E-state index is 0.132. The van der Waals surface area contributed by atoms with Crippen LogP contribution in [0, 0.1) is 0 Å². The Labute approximate surface area is 121 Å². The summed E-state index contributed by atoms with van der Waals surface area (Å²) in [5, 5.41) is 2.75. The second-order valence-electron chi connectivity index (χ2n) is 4.69. The van der Waals surface area contributed by atoms with Crippen molar-refractivity contribution < 1.29 is 14.3 Å². The number of alkyl halides is 1. The molecule has 1 unspecified atom stereocenters. The van der Waals surface area contributed by atoms with Crippen LogP contribution in [0.3, 0.4) is 0 Å². The van der Waals surface area contributed by atoms with Gasteiger partial charge in [-0.1, -0.05) is 46.3 Å². The first-order chi connectivity index (χ1) is 8.89. The van der Waals surface area contributed by atoms with E-state index in [-0.39, 0.29) is 12.5 Å². The van der Waals surface area contributed by atoms with Crippen LogP contribution in [-0.2, 0) is 19.7 Å². The van der Waals surface area contributed by atoms with Crippen LogP contribution in [0.15, 0.2) is 30.3 Å². The summed E-state index contributed by atoms with van der Waals surface area (Å²) < 4.78 is 4.58. The predicted octanol–water partition coefficient (Wildman–Crippen LogP) is 2.02. The number of hydrogen-bond acceptors (Lipinski definition) is 3. The molecule has 0 saturated carbocycles. The van der Waals surface area contributed by atoms with E-state index < -0.39 is 16.2 Å². The normalized spacial score (nSPS) is 12.6. The maximum atomic E-state index is 12.2. The molecule has 1 aromatic rings. The van der Waals surface area contributed by atoms with Crippen molar-refractivity contribution in [3.05, 3.63) is 35.9 Å². The Hall–Kier alpha value is -1.36. The molecular formula is C14H18BrNO3. The van der Waals surface area contributed by atoms with Gasteiger partial charge in [0.1, 0.15) is 4.83 Å². The zero-order valence-electron chi connectivity index (χ0n) is 11.3. The maximum Gasteiger partial charge on any atom is 0.321 e. The summed E-state index contributed by atoms with van der Waals surface area (Å²) in [5.74, 6) is -0.537. The maximum absolute atomic E-state index is 12.2. The van der Waals surface area contributed by atoms with Crippen molar-refractivity contribution in [2.24, 2.45) is 0 Å². The van der Waals surface area contributed by atoms with Crippen molar-refractivity contribution in [2.75, 3.05) is 13.7 Å². The molecule has 0 radical (unpaired) electrons. The molecule has 1 atom stereocenters. The number of amides is 1. The van der Waals surface area contributed by atoms with E-state index in [2.05, 4.69) is 26.0 Å². The molecule has 4 nitrogen and oxygen atoms in total. The molecule has 0 saturated heterocycles. The quantitative estimate of drug-likeness (QED) is 0.665. The molecular weight excluding hydrogens is 310 g/mol. The van der Waals surface area contributed by atoms with E-state index in [1.165, 1.54) is 7.11 Å². The van der Waals surface area contributed by atoms with Gasteiger partial charge in [0.25, 0.3) is 0 Å². The van der Waals surface area contributed by atoms with Gasteiger partial charge in [-0.05, 0) is 19.4 Å². The third-order valence-electron chi connectivity index (χ3n) is 2.96. The van der Waals surface area contributed by atoms with Gasteiger partial charge in [-0.2, -0.15) is 0 Å². The number of esters is 1. The molecule has 1 aromatic carbocycles. The van der Waals surface area contributed by atoms with E-state index in [0.717, 1.165) is 5.56 Å². The molecule has 0 aliphatic heterocycles. The largest absolute Gasteiger partial charge is 0.468 e. The lowest BCUT2D eigenvalue weighted by molar-refractivity contribution is -0.139. The number of benzene rings is 1. The summed E-state index contributed by atoms with van der Waals surface area (Å²) in [6.45, 7) is 3.89. The SMILES string of the molecule is COC(=O)C(Br)CNC(=O)C(C)(C)c1ccccc1. The minimum Gasteiger partial charge on any atom is -0.468 e. The number of hydrogen-bond donors (Lipinski definition) is 1. The van der Waals surface area contributed by atoms with Crippen molar-refractivity contribution in [1.29, 1.82) is 0 Å². The Bertz CT molecular complexity index is 445. The number of carbonyl (C=O) groups excluding carboxylic acids is 2. The molecule has 0 spiro atoms. The summed E-state index contributed by atoms with van der Waals surface area (Å²) in [6, 6.07) is 9.51. The lowest BCUT2D eigenvalue weighted by Gasteiger charge is -2.24. The van der Waals surface area contributed by atoms with E-state index in [0.29, 0.717) is 0 Å². The molecule has 1 amide bonds. The molecule has 1 rings (SSSR count). The van der Waals surface area contributed by atoms with Gasteiger partial charge in [0, 0.05) is 6.54 Å². The third-order valence-corrected chi connectivity index (χ3v) is 3.66. The number of carbonyl (C=O) groups is 2. The topological polar surface area (TPSA) is 55.4 Å². The Morgan fingerprint density at radius 1 is 1.32 bits per heavy atom. The zero-order chi connectivity index (χ0) is 14.5. The Morgan fingerprint density at radius 3 is 2.42 bits per heavy atom. The molecule has 0 aliphatic carbocycles. The van der Waals surface area contributed by atoms with Crippen LogP contribution in [0.25, 0.3) is 0 Å². The molecule has 0 heterocycles. The fourth-order valence-corrected chi connectivity index (χ4v) is 1.95. The highest BCUT2D eigenvalue weighted by Gasteiger charge is 2.30. The highest BCUT2D eigenvalue weighted by atomic mass is 79.9. The molecule has 0 aliphatic rings. The average molecular weight is 328 g/mol. The molecule has 0 aromatic heterocycles. The average Bonchev–Trinajstić information content (AvgIpc) is 2.44. The molecule has 0 fully saturated rings. The fourth-order valence-electron chi connectivity index (χ4n) is 1.60. The van der Waals surface area contributed by atoms with Gasteiger partial charge in [-0.25, -0.2) is 0 Å². The lowest BCUT2D eigenvalue weighted by atomic mass is 9.84. The summed E-state index contributed by atoms with van der Waals surface area (Å²) >= 11 is 3.17. The monoisotopic (exact) mass is 327 g/mol. The van der Waals surface area contributed by atoms with Crippen molar-refractivity contribution in [3.8, 4) is 0 Å². The van der Waals surface area contributed by atoms with Crippen LogP contribution in [0.1, 0.15) is 19.4 Å². The second kappa shape index (κ2) is 6.70. The van der Waals surface area contributed by atoms with Crippen LogP contribution in [0.5, 0.6) is 0 Å². The van der Waals surface area contributed by atoms with Crippen LogP contribution in [0.2, 0.25) is 0 Å². The van der Waals surface area contributed by atoms with Crippen molar-refractivity contribution in [3.63, 3.8) is 0 Å². The van der Waals surface area contributed by atoms with Gasteiger partial charge >= 0.3 is 5.97 Å². The highest BCUT2D eigenvalue weighted by molar-refractivity contribution is 9.10. The van der Waals surface area contributed by atoms with Gasteiger partial charge in [0.2, 0.25) is 5.91 Å². The van der Waals surface area contributed by atoms with Crippen molar-refractivity contribution >= 4 is 27.8 Å². The summed E-state index contributed by atoms with van der Waals surface area (Å²) in [4.78, 5) is 22.9. The van der Waals surface area contributed by atoms with E-state index in [1.807, 2.05) is 44.2 Å². The van der Waals surface area contributed by atoms with Crippen LogP contribution in [-0.4, -0.2) is 30.4 Å². The van der Waals surface area contributed by atoms with Gasteiger partial charge in [0.05, 0.1) is 12.5 Å². The Kier molecular flexibility index (Phi) is 5.54. The molecule has 19 heavy (non-hydrogen) atoms. The molecule has 0 bridgehead atoms. The minimum atomic E-state index is -0.649. The summed E-state index contributed by atoms with van der Waals surface area (Å²) in [5.41, 5.74) is 0.279. The first-order valence-electron chi connectivity index (χ1n) is 5.95. The van der Waals surface area contributed by atoms with E-state index >= 15 is 0 Å². The third kappa shape index (κ3) is 4.06. The van der Waals surface area contributed by atoms with E-state index in [9.17, 15) is 9.59 Å². The van der Waals surface area contributed by atoms with E-state index in [1.54, 1.807) is 0 Å². The van der Waals surface area contributed by atoms with Gasteiger partial charge in [0.15, 0.2) is 0 Å². The van der Waals surface area contributed by atoms with Gasteiger partial charge in [-0.3, -0.25) is 9.59 Å². The number of methoxy groups -OCH3 is 1. The second-order valence-corrected chi connectivity index (χ2v) is 5.80. The summed E-state index contributed by atoms with van der Waals surface area (Å²) in [7, 11) is 1.31. The predicted molar refractivity (Wildman–Crippen MR) is 77.2 cm³/mol. The molecule has 1 N–H and O–H groups in total. The van der Waals surface area contributed by atoms with Gasteiger partial charge in [-0.15, -0.1) is 0 Å². The summed E-state index contributed by atoms with van der Waals surface area (Å²) in [6.07, 6.45) is 0. The first-order valence-corrected chi connectivity index (χ1v) is 6.87. The van der Waals surface area contributed by atoms with E-state index in [4.69, 9.17) is 0 Å². The number of nitrogens with one attached hydrogen (secondary N) is 1. The number of rotatable bonds is 5. The highest BCUT2D eigenvalue weighted by Crippen LogP contribution is 2.22. The molecule has 5 heteroatoms. The van der Waals surface area contributed by atoms with Crippen LogP contribution >= 0.6 is 15.9 Å². The Balaban J connectivity index is 2.65. The van der Waals surface area contributed by atoms with Crippen molar-refractivity contribution in [1.82, 2.24) is 5.32 Å². The lowest BCUT2D eigenvalue weighted by Crippen LogP contribution is -2.43. The zero-order valence-corrected chi connectivity index (χ0v) is 12.9. The van der Waals surface area contributed by atoms with Crippen LogP contribution < -0.4 is 5.32 Å². The van der Waals surface area contributed by atoms with Gasteiger partial charge < -0.3 is 10.1 Å². The number of ether oxygens (including phenoxy) is 1. The first kappa shape index (κ1) is 15.7. The van der Waals surface area contributed by atoms with Crippen molar-refractivity contribution in [2.45, 2.75) is 24.1 Å². The Morgan fingerprint density at radius 2 is 1.89 bits per heavy atom. The fraction of sp³-hybridized carbons (Fsp3) is 0.429. The van der Waals surface area contributed by atoms with Crippen LogP contribution in [0.4, 0.5) is 0 Å². The molecule has 104 valence electrons. The smallest absolute Gasteiger partial charge is 0.321 e. The standard InChI is InChI=1S/C14H18BrNO3/c1-14(2,10-7-5-4-6-8-10)13(18)16-9-11(15)12(17)19-3/h4-8,11H,9H2,1-3H3,(H,16,18).